The maximum absolute atomic E-state index is 12.7. The number of unbranched alkanes of at least 4 members (excludes halogenated alkanes) is 10. The Morgan fingerprint density at radius 3 is 1.30 bits per heavy atom. The molecule has 0 saturated heterocycles. The molecule has 0 aromatic carbocycles. The summed E-state index contributed by atoms with van der Waals surface area (Å²) < 4.78 is 16.5. The van der Waals surface area contributed by atoms with E-state index in [-0.39, 0.29) is 44.4 Å². The second-order valence-electron chi connectivity index (χ2n) is 14.2. The van der Waals surface area contributed by atoms with Gasteiger partial charge < -0.3 is 14.2 Å². The zero-order valence-corrected chi connectivity index (χ0v) is 36.3. The third-order valence-corrected chi connectivity index (χ3v) is 8.79. The maximum Gasteiger partial charge on any atom is 0.309 e. The lowest BCUT2D eigenvalue weighted by Crippen LogP contribution is -2.30. The van der Waals surface area contributed by atoms with Crippen molar-refractivity contribution < 1.29 is 28.6 Å². The number of carbonyl (C=O) groups is 3. The molecule has 1 unspecified atom stereocenters. The smallest absolute Gasteiger partial charge is 0.309 e. The highest BCUT2D eigenvalue weighted by atomic mass is 16.6. The van der Waals surface area contributed by atoms with Gasteiger partial charge in [0.2, 0.25) is 0 Å². The van der Waals surface area contributed by atoms with Gasteiger partial charge in [0, 0.05) is 12.8 Å². The van der Waals surface area contributed by atoms with Gasteiger partial charge in [-0.1, -0.05) is 175 Å². The van der Waals surface area contributed by atoms with Crippen molar-refractivity contribution >= 4 is 17.9 Å². The summed E-state index contributed by atoms with van der Waals surface area (Å²) >= 11 is 0. The predicted octanol–water partition coefficient (Wildman–Crippen LogP) is 14.4. The first-order chi connectivity index (χ1) is 28.0. The first-order valence-electron chi connectivity index (χ1n) is 22.4. The normalized spacial score (nSPS) is 13.1. The Morgan fingerprint density at radius 1 is 0.386 bits per heavy atom. The molecule has 0 spiro atoms. The van der Waals surface area contributed by atoms with E-state index in [9.17, 15) is 14.4 Å². The Hall–Kier alpha value is -3.93. The van der Waals surface area contributed by atoms with Gasteiger partial charge in [-0.15, -0.1) is 0 Å². The number of carbonyl (C=O) groups excluding carboxylic acids is 3. The van der Waals surface area contributed by atoms with Crippen molar-refractivity contribution in [2.75, 3.05) is 13.2 Å². The van der Waals surface area contributed by atoms with E-state index in [4.69, 9.17) is 14.2 Å². The molecular formula is C51H80O6. The molecule has 0 N–H and O–H groups in total. The van der Waals surface area contributed by atoms with Crippen LogP contribution in [0.1, 0.15) is 175 Å². The van der Waals surface area contributed by atoms with Crippen molar-refractivity contribution in [1.29, 1.82) is 0 Å². The van der Waals surface area contributed by atoms with Crippen LogP contribution in [-0.2, 0) is 28.6 Å². The van der Waals surface area contributed by atoms with Crippen LogP contribution in [0.4, 0.5) is 0 Å². The predicted molar refractivity (Wildman–Crippen MR) is 242 cm³/mol. The fourth-order valence-corrected chi connectivity index (χ4v) is 5.49. The van der Waals surface area contributed by atoms with Crippen LogP contribution >= 0.6 is 0 Å². The number of esters is 3. The summed E-state index contributed by atoms with van der Waals surface area (Å²) in [6.45, 7) is 6.19. The molecule has 0 bridgehead atoms. The minimum absolute atomic E-state index is 0.116. The summed E-state index contributed by atoms with van der Waals surface area (Å²) in [4.78, 5) is 37.6. The fraction of sp³-hybridized carbons (Fsp3) is 0.588. The molecule has 0 saturated carbocycles. The second-order valence-corrected chi connectivity index (χ2v) is 14.2. The number of ether oxygens (including phenoxy) is 3. The van der Waals surface area contributed by atoms with Crippen molar-refractivity contribution in [2.24, 2.45) is 0 Å². The summed E-state index contributed by atoms with van der Waals surface area (Å²) in [5, 5.41) is 0. The average molecular weight is 789 g/mol. The second kappa shape index (κ2) is 44.8. The van der Waals surface area contributed by atoms with E-state index < -0.39 is 12.1 Å². The molecule has 6 heteroatoms. The molecule has 0 aromatic rings. The molecule has 6 nitrogen and oxygen atoms in total. The Labute approximate surface area is 349 Å². The monoisotopic (exact) mass is 789 g/mol. The molecule has 0 heterocycles. The van der Waals surface area contributed by atoms with Crippen LogP contribution in [0.5, 0.6) is 0 Å². The van der Waals surface area contributed by atoms with Crippen molar-refractivity contribution in [3.8, 4) is 0 Å². The van der Waals surface area contributed by atoms with Crippen LogP contribution in [0.3, 0.4) is 0 Å². The summed E-state index contributed by atoms with van der Waals surface area (Å²) in [5.74, 6) is -1.18. The SMILES string of the molecule is CC/C=C\C/C=C\C/C=C\C/C=C\C/C=C\CCC(=O)OCC(COC(=O)C/C=C\C/C=C\C/C=C\CC)OC(=O)CCCCC/C=C\CCCCCCCCC. The Morgan fingerprint density at radius 2 is 0.789 bits per heavy atom. The van der Waals surface area contributed by atoms with E-state index in [1.807, 2.05) is 18.2 Å². The highest BCUT2D eigenvalue weighted by Crippen LogP contribution is 2.11. The van der Waals surface area contributed by atoms with E-state index in [1.165, 1.54) is 44.9 Å². The fourth-order valence-electron chi connectivity index (χ4n) is 5.49. The van der Waals surface area contributed by atoms with Gasteiger partial charge in [0.05, 0.1) is 6.42 Å². The molecule has 57 heavy (non-hydrogen) atoms. The molecule has 320 valence electrons. The van der Waals surface area contributed by atoms with Crippen LogP contribution < -0.4 is 0 Å². The zero-order chi connectivity index (χ0) is 41.5. The van der Waals surface area contributed by atoms with Gasteiger partial charge in [0.1, 0.15) is 13.2 Å². The number of allylic oxidation sites excluding steroid dienone is 17. The van der Waals surface area contributed by atoms with Crippen molar-refractivity contribution in [3.63, 3.8) is 0 Å². The summed E-state index contributed by atoms with van der Waals surface area (Å²) in [5.41, 5.74) is 0. The van der Waals surface area contributed by atoms with Crippen LogP contribution in [0.25, 0.3) is 0 Å². The van der Waals surface area contributed by atoms with Crippen LogP contribution in [-0.4, -0.2) is 37.2 Å². The van der Waals surface area contributed by atoms with Crippen LogP contribution in [0, 0.1) is 0 Å². The topological polar surface area (TPSA) is 78.9 Å². The van der Waals surface area contributed by atoms with Gasteiger partial charge in [-0.25, -0.2) is 0 Å². The first kappa shape index (κ1) is 53.1. The summed E-state index contributed by atoms with van der Waals surface area (Å²) in [7, 11) is 0. The Kier molecular flexibility index (Phi) is 41.7. The third kappa shape index (κ3) is 43.0. The number of hydrogen-bond donors (Lipinski definition) is 0. The van der Waals surface area contributed by atoms with Crippen molar-refractivity contribution in [1.82, 2.24) is 0 Å². The van der Waals surface area contributed by atoms with E-state index in [2.05, 4.69) is 106 Å². The average Bonchev–Trinajstić information content (AvgIpc) is 3.21. The number of rotatable bonds is 38. The molecule has 0 aromatic heterocycles. The lowest BCUT2D eigenvalue weighted by atomic mass is 10.1. The molecule has 0 rings (SSSR count). The Bertz CT molecular complexity index is 1230. The third-order valence-electron chi connectivity index (χ3n) is 8.79. The van der Waals surface area contributed by atoms with Crippen molar-refractivity contribution in [3.05, 3.63) is 109 Å². The lowest BCUT2D eigenvalue weighted by molar-refractivity contribution is -0.166. The summed E-state index contributed by atoms with van der Waals surface area (Å²) in [6, 6.07) is 0. The van der Waals surface area contributed by atoms with E-state index in [0.29, 0.717) is 6.42 Å². The minimum atomic E-state index is -0.850. The maximum atomic E-state index is 12.7. The van der Waals surface area contributed by atoms with E-state index >= 15 is 0 Å². The van der Waals surface area contributed by atoms with Gasteiger partial charge >= 0.3 is 17.9 Å². The zero-order valence-electron chi connectivity index (χ0n) is 36.3. The molecular weight excluding hydrogens is 709 g/mol. The van der Waals surface area contributed by atoms with Gasteiger partial charge in [0.25, 0.3) is 0 Å². The largest absolute Gasteiger partial charge is 0.462 e. The van der Waals surface area contributed by atoms with Crippen molar-refractivity contribution in [2.45, 2.75) is 181 Å². The highest BCUT2D eigenvalue weighted by Gasteiger charge is 2.19. The molecule has 1 atom stereocenters. The molecule has 0 aliphatic heterocycles. The van der Waals surface area contributed by atoms with Gasteiger partial charge in [0.15, 0.2) is 6.10 Å². The van der Waals surface area contributed by atoms with Gasteiger partial charge in [-0.05, 0) is 89.9 Å². The van der Waals surface area contributed by atoms with Crippen LogP contribution in [0.2, 0.25) is 0 Å². The van der Waals surface area contributed by atoms with Gasteiger partial charge in [-0.2, -0.15) is 0 Å². The summed E-state index contributed by atoms with van der Waals surface area (Å²) in [6.07, 6.45) is 59.8. The highest BCUT2D eigenvalue weighted by molar-refractivity contribution is 5.72. The minimum Gasteiger partial charge on any atom is -0.462 e. The van der Waals surface area contributed by atoms with Crippen LogP contribution in [0.15, 0.2) is 109 Å². The quantitative estimate of drug-likeness (QED) is 0.0268. The van der Waals surface area contributed by atoms with E-state index in [1.54, 1.807) is 6.08 Å². The number of hydrogen-bond acceptors (Lipinski definition) is 6. The molecule has 0 radical (unpaired) electrons. The standard InChI is InChI=1S/C51H80O6/c1-4-7-10-13-16-19-21-23-25-26-28-29-32-35-38-41-44-50(53)56-47-48(46-55-49(52)43-40-37-34-31-18-15-12-9-6-3)57-51(54)45-42-39-36-33-30-27-24-22-20-17-14-11-8-5-2/h7,9-10,12,16,18-19,23,25,27-31,35,37-38,40,48H,4-6,8,11,13-15,17,20-22,24,26,32-34,36,39,41-47H2,1-3H3/b10-7-,12-9-,19-16-,25-23-,29-28-,30-27-,31-18-,38-35-,40-37-. The van der Waals surface area contributed by atoms with Gasteiger partial charge in [-0.3, -0.25) is 14.4 Å². The lowest BCUT2D eigenvalue weighted by Gasteiger charge is -2.18. The molecule has 0 aliphatic carbocycles. The first-order valence-corrected chi connectivity index (χ1v) is 22.4. The Balaban J connectivity index is 4.58. The molecule has 0 aliphatic rings. The van der Waals surface area contributed by atoms with E-state index in [0.717, 1.165) is 83.5 Å². The molecule has 0 amide bonds. The molecule has 0 fully saturated rings.